The van der Waals surface area contributed by atoms with E-state index in [1.165, 1.54) is 6.42 Å². The lowest BCUT2D eigenvalue weighted by Crippen LogP contribution is -2.12. The first kappa shape index (κ1) is 12.8. The van der Waals surface area contributed by atoms with Crippen LogP contribution in [0.15, 0.2) is 41.0 Å². The summed E-state index contributed by atoms with van der Waals surface area (Å²) in [4.78, 5) is 9.08. The van der Waals surface area contributed by atoms with Gasteiger partial charge in [0.05, 0.1) is 5.69 Å². The molecule has 3 rings (SSSR count). The van der Waals surface area contributed by atoms with Gasteiger partial charge in [0.15, 0.2) is 0 Å². The molecule has 0 aliphatic carbocycles. The molecule has 1 fully saturated rings. The topological polar surface area (TPSA) is 37.8 Å². The molecule has 0 saturated carbocycles. The van der Waals surface area contributed by atoms with E-state index in [1.807, 2.05) is 24.4 Å². The van der Waals surface area contributed by atoms with Crippen molar-refractivity contribution in [3.8, 4) is 11.3 Å². The third kappa shape index (κ3) is 3.19. The average molecular weight is 318 g/mol. The molecule has 0 spiro atoms. The summed E-state index contributed by atoms with van der Waals surface area (Å²) < 4.78 is 1.09. The van der Waals surface area contributed by atoms with Gasteiger partial charge in [0.25, 0.3) is 0 Å². The maximum atomic E-state index is 4.68. The van der Waals surface area contributed by atoms with Crippen molar-refractivity contribution < 1.29 is 0 Å². The van der Waals surface area contributed by atoms with Gasteiger partial charge in [-0.25, -0.2) is 9.97 Å². The van der Waals surface area contributed by atoms with Gasteiger partial charge in [-0.2, -0.15) is 0 Å². The molecule has 19 heavy (non-hydrogen) atoms. The van der Waals surface area contributed by atoms with Crippen LogP contribution in [0, 0.1) is 5.92 Å². The highest BCUT2D eigenvalue weighted by Gasteiger charge is 2.16. The van der Waals surface area contributed by atoms with Crippen molar-refractivity contribution in [2.75, 3.05) is 13.1 Å². The molecular formula is C15H16BrN3. The third-order valence-corrected chi connectivity index (χ3v) is 4.01. The number of hydrogen-bond donors (Lipinski definition) is 1. The first-order chi connectivity index (χ1) is 9.31. The molecule has 0 bridgehead atoms. The average Bonchev–Trinajstić information content (AvgIpc) is 2.93. The predicted octanol–water partition coefficient (Wildman–Crippen LogP) is 3.06. The first-order valence-electron chi connectivity index (χ1n) is 6.60. The second kappa shape index (κ2) is 5.80. The highest BCUT2D eigenvalue weighted by molar-refractivity contribution is 9.10. The molecule has 1 N–H and O–H groups in total. The maximum absolute atomic E-state index is 4.68. The molecule has 98 valence electrons. The van der Waals surface area contributed by atoms with E-state index in [0.29, 0.717) is 5.92 Å². The Morgan fingerprint density at radius 2 is 2.05 bits per heavy atom. The van der Waals surface area contributed by atoms with Gasteiger partial charge in [-0.05, 0) is 43.6 Å². The second-order valence-electron chi connectivity index (χ2n) is 4.93. The van der Waals surface area contributed by atoms with Crippen LogP contribution < -0.4 is 5.32 Å². The van der Waals surface area contributed by atoms with Crippen LogP contribution in [-0.4, -0.2) is 23.1 Å². The fourth-order valence-corrected chi connectivity index (χ4v) is 2.69. The van der Waals surface area contributed by atoms with Gasteiger partial charge in [0, 0.05) is 22.7 Å². The van der Waals surface area contributed by atoms with E-state index < -0.39 is 0 Å². The molecule has 2 heterocycles. The Balaban J connectivity index is 1.80. The van der Waals surface area contributed by atoms with Gasteiger partial charge in [0.1, 0.15) is 5.82 Å². The van der Waals surface area contributed by atoms with Gasteiger partial charge in [-0.15, -0.1) is 0 Å². The van der Waals surface area contributed by atoms with Crippen LogP contribution in [0.25, 0.3) is 11.3 Å². The van der Waals surface area contributed by atoms with Crippen molar-refractivity contribution >= 4 is 15.9 Å². The van der Waals surface area contributed by atoms with Crippen LogP contribution in [0.1, 0.15) is 12.2 Å². The molecule has 1 aliphatic rings. The van der Waals surface area contributed by atoms with Crippen molar-refractivity contribution in [2.45, 2.75) is 12.8 Å². The van der Waals surface area contributed by atoms with Crippen LogP contribution in [-0.2, 0) is 6.42 Å². The van der Waals surface area contributed by atoms with Crippen LogP contribution in [0.2, 0.25) is 0 Å². The lowest BCUT2D eigenvalue weighted by Gasteiger charge is -2.08. The number of nitrogens with one attached hydrogen (secondary N) is 1. The number of halogens is 1. The Hall–Kier alpha value is -1.26. The van der Waals surface area contributed by atoms with E-state index in [4.69, 9.17) is 0 Å². The van der Waals surface area contributed by atoms with Crippen molar-refractivity contribution in [3.05, 3.63) is 46.8 Å². The largest absolute Gasteiger partial charge is 0.316 e. The Kier molecular flexibility index (Phi) is 3.89. The Bertz CT molecular complexity index is 548. The van der Waals surface area contributed by atoms with Crippen molar-refractivity contribution in [1.82, 2.24) is 15.3 Å². The molecule has 1 aromatic heterocycles. The zero-order chi connectivity index (χ0) is 13.1. The Labute approximate surface area is 121 Å². The SMILES string of the molecule is Brc1ccc(-c2ccnc(CC3CCNC3)n2)cc1. The van der Waals surface area contributed by atoms with E-state index in [-0.39, 0.29) is 0 Å². The minimum absolute atomic E-state index is 0.681. The lowest BCUT2D eigenvalue weighted by atomic mass is 10.0. The number of benzene rings is 1. The number of hydrogen-bond acceptors (Lipinski definition) is 3. The summed E-state index contributed by atoms with van der Waals surface area (Å²) in [5.41, 5.74) is 2.14. The Morgan fingerprint density at radius 1 is 1.21 bits per heavy atom. The van der Waals surface area contributed by atoms with Crippen LogP contribution >= 0.6 is 15.9 Å². The smallest absolute Gasteiger partial charge is 0.129 e. The minimum Gasteiger partial charge on any atom is -0.316 e. The molecule has 2 aromatic rings. The van der Waals surface area contributed by atoms with Gasteiger partial charge in [0.2, 0.25) is 0 Å². The number of rotatable bonds is 3. The summed E-state index contributed by atoms with van der Waals surface area (Å²) in [5.74, 6) is 1.63. The molecule has 1 unspecified atom stereocenters. The second-order valence-corrected chi connectivity index (χ2v) is 5.84. The molecule has 0 radical (unpaired) electrons. The molecule has 1 atom stereocenters. The third-order valence-electron chi connectivity index (χ3n) is 3.48. The lowest BCUT2D eigenvalue weighted by molar-refractivity contribution is 0.561. The summed E-state index contributed by atoms with van der Waals surface area (Å²) in [6.07, 6.45) is 4.06. The fourth-order valence-electron chi connectivity index (χ4n) is 2.43. The molecule has 1 aromatic carbocycles. The summed E-state index contributed by atoms with van der Waals surface area (Å²) in [6, 6.07) is 10.2. The molecule has 1 saturated heterocycles. The molecular weight excluding hydrogens is 302 g/mol. The van der Waals surface area contributed by atoms with E-state index >= 15 is 0 Å². The monoisotopic (exact) mass is 317 g/mol. The normalized spacial score (nSPS) is 18.7. The van der Waals surface area contributed by atoms with E-state index in [2.05, 4.69) is 43.3 Å². The zero-order valence-electron chi connectivity index (χ0n) is 10.6. The van der Waals surface area contributed by atoms with Crippen LogP contribution in [0.5, 0.6) is 0 Å². The summed E-state index contributed by atoms with van der Waals surface area (Å²) in [5, 5.41) is 3.38. The number of aromatic nitrogens is 2. The van der Waals surface area contributed by atoms with E-state index in [0.717, 1.165) is 41.1 Å². The highest BCUT2D eigenvalue weighted by Crippen LogP contribution is 2.20. The van der Waals surface area contributed by atoms with Crippen molar-refractivity contribution in [2.24, 2.45) is 5.92 Å². The minimum atomic E-state index is 0.681. The maximum Gasteiger partial charge on any atom is 0.129 e. The summed E-state index contributed by atoms with van der Waals surface area (Å²) in [6.45, 7) is 2.21. The molecule has 0 amide bonds. The van der Waals surface area contributed by atoms with Gasteiger partial charge in [-0.3, -0.25) is 0 Å². The number of nitrogens with zero attached hydrogens (tertiary/aromatic N) is 2. The Morgan fingerprint density at radius 3 is 2.79 bits per heavy atom. The summed E-state index contributed by atoms with van der Waals surface area (Å²) in [7, 11) is 0. The highest BCUT2D eigenvalue weighted by atomic mass is 79.9. The van der Waals surface area contributed by atoms with Crippen LogP contribution in [0.4, 0.5) is 0 Å². The van der Waals surface area contributed by atoms with Gasteiger partial charge in [-0.1, -0.05) is 28.1 Å². The molecule has 4 heteroatoms. The van der Waals surface area contributed by atoms with Crippen molar-refractivity contribution in [1.29, 1.82) is 0 Å². The van der Waals surface area contributed by atoms with Gasteiger partial charge < -0.3 is 5.32 Å². The fraction of sp³-hybridized carbons (Fsp3) is 0.333. The van der Waals surface area contributed by atoms with Gasteiger partial charge >= 0.3 is 0 Å². The zero-order valence-corrected chi connectivity index (χ0v) is 12.2. The summed E-state index contributed by atoms with van der Waals surface area (Å²) >= 11 is 3.45. The first-order valence-corrected chi connectivity index (χ1v) is 7.39. The van der Waals surface area contributed by atoms with E-state index in [1.54, 1.807) is 0 Å². The standard InChI is InChI=1S/C15H16BrN3/c16-13-3-1-12(2-4-13)14-6-8-18-15(19-14)9-11-5-7-17-10-11/h1-4,6,8,11,17H,5,7,9-10H2. The van der Waals surface area contributed by atoms with Crippen molar-refractivity contribution in [3.63, 3.8) is 0 Å². The van der Waals surface area contributed by atoms with E-state index in [9.17, 15) is 0 Å². The quantitative estimate of drug-likeness (QED) is 0.945. The van der Waals surface area contributed by atoms with Crippen LogP contribution in [0.3, 0.4) is 0 Å². The predicted molar refractivity (Wildman–Crippen MR) is 79.8 cm³/mol. The molecule has 1 aliphatic heterocycles. The molecule has 3 nitrogen and oxygen atoms in total.